The second-order valence-corrected chi connectivity index (χ2v) is 15.2. The van der Waals surface area contributed by atoms with Crippen LogP contribution >= 0.6 is 0 Å². The van der Waals surface area contributed by atoms with Gasteiger partial charge in [0.25, 0.3) is 0 Å². The maximum atomic E-state index is 6.50. The van der Waals surface area contributed by atoms with E-state index < -0.39 is 0 Å². The highest BCUT2D eigenvalue weighted by atomic mass is 16.5. The average molecular weight is 731 g/mol. The van der Waals surface area contributed by atoms with Gasteiger partial charge in [-0.3, -0.25) is 0 Å². The number of rotatable bonds is 6. The third-order valence-corrected chi connectivity index (χ3v) is 11.8. The fourth-order valence-corrected chi connectivity index (χ4v) is 8.88. The smallest absolute Gasteiger partial charge is 0.160 e. The second-order valence-electron chi connectivity index (χ2n) is 15.2. The van der Waals surface area contributed by atoms with Crippen molar-refractivity contribution < 1.29 is 4.74 Å². The SMILES string of the molecule is C1=CC2Oc3c(-c4ccc(-c5nc(C6=CCC(c7cccc8ccccc78)C=C6)cc(-c6ccc(-c7cccc8ccccc78)cc6)n5)cc4)cccc3C2C=C1. The first-order valence-corrected chi connectivity index (χ1v) is 19.8. The summed E-state index contributed by atoms with van der Waals surface area (Å²) in [5, 5.41) is 5.08. The van der Waals surface area contributed by atoms with E-state index in [4.69, 9.17) is 14.7 Å². The molecule has 3 nitrogen and oxygen atoms in total. The van der Waals surface area contributed by atoms with E-state index in [2.05, 4.69) is 200 Å². The van der Waals surface area contributed by atoms with Crippen molar-refractivity contribution in [2.24, 2.45) is 0 Å². The summed E-state index contributed by atoms with van der Waals surface area (Å²) >= 11 is 0. The first-order valence-electron chi connectivity index (χ1n) is 19.8. The maximum absolute atomic E-state index is 6.50. The van der Waals surface area contributed by atoms with Crippen LogP contribution in [0.5, 0.6) is 5.75 Å². The van der Waals surface area contributed by atoms with Gasteiger partial charge in [-0.2, -0.15) is 0 Å². The number of fused-ring (bicyclic) bond motifs is 5. The lowest BCUT2D eigenvalue weighted by Crippen LogP contribution is -2.15. The Labute approximate surface area is 332 Å². The fraction of sp³-hybridized carbons (Fsp3) is 0.0741. The van der Waals surface area contributed by atoms with E-state index in [1.54, 1.807) is 0 Å². The van der Waals surface area contributed by atoms with Crippen LogP contribution in [0, 0.1) is 0 Å². The number of ether oxygens (including phenoxy) is 1. The highest BCUT2D eigenvalue weighted by molar-refractivity contribution is 5.97. The van der Waals surface area contributed by atoms with E-state index in [0.717, 1.165) is 51.4 Å². The van der Waals surface area contributed by atoms with E-state index in [1.165, 1.54) is 43.8 Å². The minimum Gasteiger partial charge on any atom is -0.484 e. The van der Waals surface area contributed by atoms with Crippen LogP contribution < -0.4 is 4.74 Å². The van der Waals surface area contributed by atoms with Crippen LogP contribution in [0.2, 0.25) is 0 Å². The van der Waals surface area contributed by atoms with Crippen molar-refractivity contribution in [2.75, 3.05) is 0 Å². The molecular formula is C54H38N2O. The van der Waals surface area contributed by atoms with E-state index >= 15 is 0 Å². The molecule has 2 heterocycles. The van der Waals surface area contributed by atoms with Gasteiger partial charge in [0.05, 0.1) is 11.4 Å². The number of nitrogens with zero attached hydrogens (tertiary/aromatic N) is 2. The highest BCUT2D eigenvalue weighted by Gasteiger charge is 2.33. The minimum absolute atomic E-state index is 0.0477. The molecule has 0 N–H and O–H groups in total. The van der Waals surface area contributed by atoms with E-state index in [1.807, 2.05) is 0 Å². The molecule has 2 aliphatic carbocycles. The first-order chi connectivity index (χ1) is 28.2. The molecule has 57 heavy (non-hydrogen) atoms. The Morgan fingerprint density at radius 2 is 1.11 bits per heavy atom. The molecule has 1 aromatic heterocycles. The van der Waals surface area contributed by atoms with Crippen molar-refractivity contribution in [1.29, 1.82) is 0 Å². The van der Waals surface area contributed by atoms with E-state index in [9.17, 15) is 0 Å². The number of aromatic nitrogens is 2. The topological polar surface area (TPSA) is 35.0 Å². The molecule has 3 aliphatic rings. The molecule has 0 saturated carbocycles. The Bertz CT molecular complexity index is 2960. The number of hydrogen-bond donors (Lipinski definition) is 0. The van der Waals surface area contributed by atoms with Crippen LogP contribution in [-0.2, 0) is 0 Å². The predicted octanol–water partition coefficient (Wildman–Crippen LogP) is 13.5. The molecular weight excluding hydrogens is 693 g/mol. The van der Waals surface area contributed by atoms with Crippen molar-refractivity contribution in [3.05, 3.63) is 217 Å². The van der Waals surface area contributed by atoms with Gasteiger partial charge in [-0.25, -0.2) is 9.97 Å². The zero-order chi connectivity index (χ0) is 37.7. The van der Waals surface area contributed by atoms with Gasteiger partial charge in [-0.1, -0.05) is 188 Å². The summed E-state index contributed by atoms with van der Waals surface area (Å²) in [6.45, 7) is 0. The van der Waals surface area contributed by atoms with Gasteiger partial charge < -0.3 is 4.74 Å². The first kappa shape index (κ1) is 33.3. The number of hydrogen-bond acceptors (Lipinski definition) is 3. The quantitative estimate of drug-likeness (QED) is 0.171. The summed E-state index contributed by atoms with van der Waals surface area (Å²) in [6.07, 6.45) is 16.5. The van der Waals surface area contributed by atoms with Crippen LogP contribution in [0.3, 0.4) is 0 Å². The monoisotopic (exact) mass is 730 g/mol. The van der Waals surface area contributed by atoms with Crippen molar-refractivity contribution in [3.63, 3.8) is 0 Å². The van der Waals surface area contributed by atoms with Gasteiger partial charge in [0.15, 0.2) is 5.82 Å². The summed E-state index contributed by atoms with van der Waals surface area (Å²) in [5.41, 5.74) is 12.2. The lowest BCUT2D eigenvalue weighted by Gasteiger charge is -2.19. The van der Waals surface area contributed by atoms with Crippen LogP contribution in [0.15, 0.2) is 200 Å². The van der Waals surface area contributed by atoms with Gasteiger partial charge in [-0.05, 0) is 67.9 Å². The summed E-state index contributed by atoms with van der Waals surface area (Å²) in [4.78, 5) is 10.5. The summed E-state index contributed by atoms with van der Waals surface area (Å²) in [7, 11) is 0. The third kappa shape index (κ3) is 6.00. The van der Waals surface area contributed by atoms with Crippen molar-refractivity contribution in [1.82, 2.24) is 9.97 Å². The molecule has 3 atom stereocenters. The molecule has 1 aliphatic heterocycles. The lowest BCUT2D eigenvalue weighted by atomic mass is 9.86. The zero-order valence-corrected chi connectivity index (χ0v) is 31.3. The van der Waals surface area contributed by atoms with Crippen molar-refractivity contribution >= 4 is 27.1 Å². The fourth-order valence-electron chi connectivity index (χ4n) is 8.88. The molecule has 0 saturated heterocycles. The molecule has 3 unspecified atom stereocenters. The summed E-state index contributed by atoms with van der Waals surface area (Å²) in [5.74, 6) is 2.23. The molecule has 7 aromatic carbocycles. The molecule has 0 fully saturated rings. The Balaban J connectivity index is 0.958. The molecule has 0 amide bonds. The Morgan fingerprint density at radius 1 is 0.491 bits per heavy atom. The summed E-state index contributed by atoms with van der Waals surface area (Å²) < 4.78 is 6.50. The Morgan fingerprint density at radius 3 is 1.91 bits per heavy atom. The maximum Gasteiger partial charge on any atom is 0.160 e. The molecule has 0 spiro atoms. The van der Waals surface area contributed by atoms with E-state index in [0.29, 0.717) is 11.7 Å². The Kier molecular flexibility index (Phi) is 8.10. The molecule has 3 heteroatoms. The van der Waals surface area contributed by atoms with Crippen molar-refractivity contribution in [2.45, 2.75) is 24.4 Å². The van der Waals surface area contributed by atoms with Gasteiger partial charge in [0, 0.05) is 34.1 Å². The molecule has 270 valence electrons. The third-order valence-electron chi connectivity index (χ3n) is 11.8. The van der Waals surface area contributed by atoms with Gasteiger partial charge in [-0.15, -0.1) is 0 Å². The van der Waals surface area contributed by atoms with Crippen LogP contribution in [0.1, 0.15) is 35.1 Å². The number of allylic oxidation sites excluding steroid dienone is 6. The van der Waals surface area contributed by atoms with Gasteiger partial charge in [0.2, 0.25) is 0 Å². The molecule has 8 aromatic rings. The standard InChI is InChI=1S/C54H38N2O/c1-3-14-43-35(10-1)12-7-17-45(43)37-22-28-40(29-23-37)50-34-51(41-30-24-38(25-31-41)46-18-8-13-36-11-2-4-15-44(36)46)56-54(55-50)42-32-26-39(27-33-42)47-19-9-20-49-48-16-5-6-21-52(48)57-53(47)49/h1-24,26-34,38,48,52H,25H2. The van der Waals surface area contributed by atoms with Crippen LogP contribution in [-0.4, -0.2) is 16.1 Å². The lowest BCUT2D eigenvalue weighted by molar-refractivity contribution is 0.270. The van der Waals surface area contributed by atoms with Gasteiger partial charge in [0.1, 0.15) is 11.9 Å². The van der Waals surface area contributed by atoms with Crippen LogP contribution in [0.4, 0.5) is 0 Å². The average Bonchev–Trinajstić information content (AvgIpc) is 3.68. The normalized spacial score (nSPS) is 18.0. The number of para-hydroxylation sites is 1. The predicted molar refractivity (Wildman–Crippen MR) is 235 cm³/mol. The largest absolute Gasteiger partial charge is 0.484 e. The van der Waals surface area contributed by atoms with Crippen molar-refractivity contribution in [3.8, 4) is 50.6 Å². The Hall–Kier alpha value is -7.10. The number of benzene rings is 7. The highest BCUT2D eigenvalue weighted by Crippen LogP contribution is 2.46. The second kappa shape index (κ2) is 13.9. The van der Waals surface area contributed by atoms with Gasteiger partial charge >= 0.3 is 0 Å². The summed E-state index contributed by atoms with van der Waals surface area (Å²) in [6, 6.07) is 56.4. The zero-order valence-electron chi connectivity index (χ0n) is 31.3. The molecule has 0 radical (unpaired) electrons. The molecule has 0 bridgehead atoms. The van der Waals surface area contributed by atoms with E-state index in [-0.39, 0.29) is 12.0 Å². The minimum atomic E-state index is 0.0477. The molecule has 11 rings (SSSR count). The van der Waals surface area contributed by atoms with Crippen LogP contribution in [0.25, 0.3) is 72.0 Å².